The zero-order chi connectivity index (χ0) is 16.6. The molecule has 1 aliphatic carbocycles. The first kappa shape index (κ1) is 16.1. The number of aromatic nitrogens is 3. The summed E-state index contributed by atoms with van der Waals surface area (Å²) in [6.45, 7) is 7.93. The second-order valence-electron chi connectivity index (χ2n) is 6.20. The van der Waals surface area contributed by atoms with Crippen molar-refractivity contribution in [1.29, 1.82) is 0 Å². The topological polar surface area (TPSA) is 59.8 Å². The summed E-state index contributed by atoms with van der Waals surface area (Å²) >= 11 is 1.47. The molecule has 23 heavy (non-hydrogen) atoms. The second-order valence-corrected chi connectivity index (χ2v) is 7.51. The average molecular weight is 330 g/mol. The molecule has 122 valence electrons. The van der Waals surface area contributed by atoms with Crippen LogP contribution in [0.4, 0.5) is 5.69 Å². The van der Waals surface area contributed by atoms with Gasteiger partial charge in [0.25, 0.3) is 0 Å². The van der Waals surface area contributed by atoms with Crippen molar-refractivity contribution < 1.29 is 4.79 Å². The van der Waals surface area contributed by atoms with Gasteiger partial charge in [0.15, 0.2) is 5.16 Å². The second kappa shape index (κ2) is 6.35. The van der Waals surface area contributed by atoms with Gasteiger partial charge in [0, 0.05) is 11.7 Å². The Balaban J connectivity index is 1.68. The predicted octanol–water partition coefficient (Wildman–Crippen LogP) is 3.66. The zero-order valence-electron chi connectivity index (χ0n) is 14.0. The third-order valence-electron chi connectivity index (χ3n) is 4.04. The van der Waals surface area contributed by atoms with Crippen molar-refractivity contribution in [3.05, 3.63) is 35.2 Å². The van der Waals surface area contributed by atoms with Crippen LogP contribution in [0.15, 0.2) is 23.4 Å². The number of nitrogens with one attached hydrogen (secondary N) is 1. The van der Waals surface area contributed by atoms with Crippen LogP contribution in [0.3, 0.4) is 0 Å². The minimum atomic E-state index is -0.225. The van der Waals surface area contributed by atoms with Gasteiger partial charge in [-0.3, -0.25) is 4.79 Å². The largest absolute Gasteiger partial charge is 0.325 e. The number of anilines is 1. The molecular weight excluding hydrogens is 308 g/mol. The van der Waals surface area contributed by atoms with Crippen molar-refractivity contribution in [2.24, 2.45) is 0 Å². The molecule has 5 nitrogen and oxygen atoms in total. The van der Waals surface area contributed by atoms with Gasteiger partial charge >= 0.3 is 0 Å². The molecule has 1 aromatic heterocycles. The van der Waals surface area contributed by atoms with E-state index >= 15 is 0 Å². The maximum atomic E-state index is 12.5. The summed E-state index contributed by atoms with van der Waals surface area (Å²) in [7, 11) is 0. The fraction of sp³-hybridized carbons (Fsp3) is 0.471. The summed E-state index contributed by atoms with van der Waals surface area (Å²) in [5.74, 6) is 0.918. The van der Waals surface area contributed by atoms with E-state index in [9.17, 15) is 4.79 Å². The van der Waals surface area contributed by atoms with Crippen molar-refractivity contribution in [3.8, 4) is 0 Å². The summed E-state index contributed by atoms with van der Waals surface area (Å²) < 4.78 is 2.16. The normalized spacial score (nSPS) is 15.5. The molecule has 1 atom stereocenters. The number of benzene rings is 1. The van der Waals surface area contributed by atoms with E-state index < -0.39 is 0 Å². The lowest BCUT2D eigenvalue weighted by atomic mass is 10.1. The first-order valence-corrected chi connectivity index (χ1v) is 8.80. The molecule has 1 fully saturated rings. The highest BCUT2D eigenvalue weighted by molar-refractivity contribution is 8.00. The van der Waals surface area contributed by atoms with E-state index in [1.54, 1.807) is 0 Å². The molecular formula is C17H22N4OS. The van der Waals surface area contributed by atoms with Crippen LogP contribution in [-0.2, 0) is 4.79 Å². The maximum absolute atomic E-state index is 12.5. The van der Waals surface area contributed by atoms with Gasteiger partial charge < -0.3 is 9.88 Å². The quantitative estimate of drug-likeness (QED) is 0.850. The summed E-state index contributed by atoms with van der Waals surface area (Å²) in [5, 5.41) is 12.0. The fourth-order valence-corrected chi connectivity index (χ4v) is 3.55. The van der Waals surface area contributed by atoms with Crippen LogP contribution in [0.1, 0.15) is 42.8 Å². The molecule has 1 amide bonds. The molecule has 1 aliphatic rings. The third-order valence-corrected chi connectivity index (χ3v) is 5.09. The van der Waals surface area contributed by atoms with Gasteiger partial charge in [0.1, 0.15) is 5.82 Å². The van der Waals surface area contributed by atoms with Crippen LogP contribution in [0.25, 0.3) is 0 Å². The highest BCUT2D eigenvalue weighted by atomic mass is 32.2. The van der Waals surface area contributed by atoms with Gasteiger partial charge in [-0.25, -0.2) is 0 Å². The van der Waals surface area contributed by atoms with E-state index in [0.29, 0.717) is 6.04 Å². The molecule has 0 aliphatic heterocycles. The number of rotatable bonds is 5. The van der Waals surface area contributed by atoms with Crippen molar-refractivity contribution in [2.45, 2.75) is 57.0 Å². The van der Waals surface area contributed by atoms with Crippen LogP contribution >= 0.6 is 11.8 Å². The van der Waals surface area contributed by atoms with Crippen LogP contribution in [0, 0.1) is 20.8 Å². The number of hydrogen-bond donors (Lipinski definition) is 1. The Bertz CT molecular complexity index is 736. The molecule has 0 unspecified atom stereocenters. The molecule has 1 aromatic carbocycles. The number of nitrogens with zero attached hydrogens (tertiary/aromatic N) is 3. The van der Waals surface area contributed by atoms with Gasteiger partial charge in [-0.1, -0.05) is 29.5 Å². The molecule has 6 heteroatoms. The van der Waals surface area contributed by atoms with Crippen LogP contribution in [0.2, 0.25) is 0 Å². The van der Waals surface area contributed by atoms with E-state index in [1.807, 2.05) is 39.8 Å². The minimum absolute atomic E-state index is 0.00930. The highest BCUT2D eigenvalue weighted by Gasteiger charge is 2.29. The maximum Gasteiger partial charge on any atom is 0.237 e. The number of aryl methyl sites for hydroxylation is 3. The van der Waals surface area contributed by atoms with E-state index in [1.165, 1.54) is 30.2 Å². The van der Waals surface area contributed by atoms with E-state index in [-0.39, 0.29) is 11.2 Å². The van der Waals surface area contributed by atoms with Crippen LogP contribution in [-0.4, -0.2) is 25.9 Å². The van der Waals surface area contributed by atoms with Crippen molar-refractivity contribution in [3.63, 3.8) is 0 Å². The molecule has 0 spiro atoms. The van der Waals surface area contributed by atoms with Gasteiger partial charge in [0.05, 0.1) is 5.25 Å². The van der Waals surface area contributed by atoms with Crippen molar-refractivity contribution in [2.75, 3.05) is 5.32 Å². The predicted molar refractivity (Wildman–Crippen MR) is 92.9 cm³/mol. The Morgan fingerprint density at radius 3 is 2.70 bits per heavy atom. The van der Waals surface area contributed by atoms with Crippen molar-refractivity contribution in [1.82, 2.24) is 14.8 Å². The van der Waals surface area contributed by atoms with E-state index in [4.69, 9.17) is 0 Å². The number of carbonyl (C=O) groups is 1. The van der Waals surface area contributed by atoms with Crippen LogP contribution < -0.4 is 5.32 Å². The number of hydrogen-bond acceptors (Lipinski definition) is 4. The lowest BCUT2D eigenvalue weighted by Gasteiger charge is -2.14. The molecule has 3 rings (SSSR count). The molecule has 0 bridgehead atoms. The minimum Gasteiger partial charge on any atom is -0.325 e. The number of thioether (sulfide) groups is 1. The lowest BCUT2D eigenvalue weighted by molar-refractivity contribution is -0.115. The molecule has 2 aromatic rings. The molecule has 1 saturated carbocycles. The van der Waals surface area contributed by atoms with Gasteiger partial charge in [-0.2, -0.15) is 0 Å². The third kappa shape index (κ3) is 3.58. The summed E-state index contributed by atoms with van der Waals surface area (Å²) in [6, 6.07) is 6.55. The summed E-state index contributed by atoms with van der Waals surface area (Å²) in [5.41, 5.74) is 3.14. The van der Waals surface area contributed by atoms with E-state index in [2.05, 4.69) is 26.1 Å². The Kier molecular flexibility index (Phi) is 4.43. The van der Waals surface area contributed by atoms with Gasteiger partial charge in [0.2, 0.25) is 5.91 Å². The van der Waals surface area contributed by atoms with Crippen molar-refractivity contribution >= 4 is 23.4 Å². The Hall–Kier alpha value is -1.82. The van der Waals surface area contributed by atoms with Gasteiger partial charge in [-0.05, 0) is 52.2 Å². The molecule has 1 heterocycles. The van der Waals surface area contributed by atoms with E-state index in [0.717, 1.165) is 22.2 Å². The number of carbonyl (C=O) groups excluding carboxylic acids is 1. The molecule has 0 radical (unpaired) electrons. The fourth-order valence-electron chi connectivity index (χ4n) is 2.58. The highest BCUT2D eigenvalue weighted by Crippen LogP contribution is 2.39. The molecule has 1 N–H and O–H groups in total. The standard InChI is InChI=1S/C17H22N4OS/c1-10-5-8-15(11(2)9-10)18-16(22)12(3)23-17-20-19-13(4)21(17)14-6-7-14/h5,8-9,12,14H,6-7H2,1-4H3,(H,18,22)/t12-/m1/s1. The Labute approximate surface area is 140 Å². The smallest absolute Gasteiger partial charge is 0.237 e. The monoisotopic (exact) mass is 330 g/mol. The first-order valence-electron chi connectivity index (χ1n) is 7.92. The summed E-state index contributed by atoms with van der Waals surface area (Å²) in [6.07, 6.45) is 2.35. The summed E-state index contributed by atoms with van der Waals surface area (Å²) in [4.78, 5) is 12.5. The SMILES string of the molecule is Cc1ccc(NC(=O)[C@@H](C)Sc2nnc(C)n2C2CC2)c(C)c1. The Morgan fingerprint density at radius 1 is 1.30 bits per heavy atom. The first-order chi connectivity index (χ1) is 11.0. The number of amides is 1. The Morgan fingerprint density at radius 2 is 2.04 bits per heavy atom. The van der Waals surface area contributed by atoms with Gasteiger partial charge in [-0.15, -0.1) is 10.2 Å². The zero-order valence-corrected chi connectivity index (χ0v) is 14.8. The lowest BCUT2D eigenvalue weighted by Crippen LogP contribution is -2.23. The average Bonchev–Trinajstić information content (AvgIpc) is 3.26. The molecule has 0 saturated heterocycles. The van der Waals surface area contributed by atoms with Crippen LogP contribution in [0.5, 0.6) is 0 Å².